The van der Waals surface area contributed by atoms with Crippen LogP contribution in [0.3, 0.4) is 0 Å². The molecule has 3 atom stereocenters. The first-order chi connectivity index (χ1) is 32.9. The van der Waals surface area contributed by atoms with Crippen molar-refractivity contribution >= 4 is 24.2 Å². The predicted molar refractivity (Wildman–Crippen MR) is 281 cm³/mol. The molecule has 390 valence electrons. The Hall–Kier alpha value is -2.74. The van der Waals surface area contributed by atoms with E-state index in [2.05, 4.69) is 57.2 Å². The van der Waals surface area contributed by atoms with Gasteiger partial charge in [0.1, 0.15) is 0 Å². The van der Waals surface area contributed by atoms with Gasteiger partial charge in [0.2, 0.25) is 0 Å². The number of esters is 3. The van der Waals surface area contributed by atoms with Crippen molar-refractivity contribution in [1.29, 1.82) is 0 Å². The summed E-state index contributed by atoms with van der Waals surface area (Å²) < 4.78 is 16.9. The Morgan fingerprint density at radius 2 is 0.612 bits per heavy atom. The van der Waals surface area contributed by atoms with E-state index in [4.69, 9.17) is 14.2 Å². The zero-order valence-corrected chi connectivity index (χ0v) is 44.0. The maximum Gasteiger partial charge on any atom is 0.306 e. The molecule has 0 fully saturated rings. The molecule has 0 bridgehead atoms. The van der Waals surface area contributed by atoms with E-state index in [-0.39, 0.29) is 19.3 Å². The van der Waals surface area contributed by atoms with Crippen LogP contribution in [-0.4, -0.2) is 54.2 Å². The third-order valence-corrected chi connectivity index (χ3v) is 12.8. The van der Waals surface area contributed by atoms with E-state index in [1.807, 2.05) is 0 Å². The Bertz CT molecular complexity index is 1190. The van der Waals surface area contributed by atoms with Crippen molar-refractivity contribution in [1.82, 2.24) is 0 Å². The van der Waals surface area contributed by atoms with Crippen LogP contribution in [0.15, 0.2) is 36.5 Å². The second kappa shape index (κ2) is 52.6. The minimum atomic E-state index is -1.50. The highest BCUT2D eigenvalue weighted by molar-refractivity contribution is 5.74. The summed E-state index contributed by atoms with van der Waals surface area (Å²) in [5.74, 6) is -1.70. The molecule has 0 aliphatic carbocycles. The molecule has 8 heteroatoms. The van der Waals surface area contributed by atoms with Crippen LogP contribution in [0.2, 0.25) is 0 Å². The first kappa shape index (κ1) is 64.3. The van der Waals surface area contributed by atoms with Crippen LogP contribution in [-0.2, 0) is 33.4 Å². The molecule has 0 spiro atoms. The van der Waals surface area contributed by atoms with Gasteiger partial charge in [-0.15, -0.1) is 0 Å². The van der Waals surface area contributed by atoms with E-state index in [0.717, 1.165) is 116 Å². The number of aliphatic hydroxyl groups excluding tert-OH is 1. The number of unbranched alkanes of at least 4 members (excludes halogenated alkanes) is 33. The molecular weight excluding hydrogens is 837 g/mol. The summed E-state index contributed by atoms with van der Waals surface area (Å²) in [6.07, 6.45) is 54.8. The Labute approximate surface area is 413 Å². The molecule has 0 aliphatic heterocycles. The lowest BCUT2D eigenvalue weighted by Crippen LogP contribution is -2.48. The minimum Gasteiger partial charge on any atom is -0.456 e. The first-order valence-electron chi connectivity index (χ1n) is 28.5. The largest absolute Gasteiger partial charge is 0.456 e. The van der Waals surface area contributed by atoms with Crippen LogP contribution in [0.25, 0.3) is 0 Å². The van der Waals surface area contributed by atoms with Crippen molar-refractivity contribution in [3.63, 3.8) is 0 Å². The average molecular weight is 943 g/mol. The van der Waals surface area contributed by atoms with E-state index >= 15 is 0 Å². The summed E-state index contributed by atoms with van der Waals surface area (Å²) in [7, 11) is 0. The number of hydrogen-bond acceptors (Lipinski definition) is 8. The fraction of sp³-hybridized carbons (Fsp3) is 0.831. The molecule has 0 aromatic heterocycles. The first-order valence-corrected chi connectivity index (χ1v) is 28.5. The lowest BCUT2D eigenvalue weighted by molar-refractivity contribution is -0.188. The summed E-state index contributed by atoms with van der Waals surface area (Å²) >= 11 is 0. The molecule has 0 rings (SSSR count). The molecule has 0 heterocycles. The molecule has 0 radical (unpaired) electrons. The standard InChI is InChI=1S/C59H106O8/c1-4-7-10-13-16-19-22-25-28-31-34-37-40-43-46-49-56(62)65-54(52-60)59(67-58(64)51-48-45-42-39-36-33-30-27-24-21-18-15-12-9-6-3)55(53-61)66-57(63)50-47-44-41-38-35-32-29-26-23-20-17-14-11-8-5-2/h25-30,52,54-55,59,61H,4-24,31-51,53H2,1-3H3/t54-,55+,59+/m0/s1. The van der Waals surface area contributed by atoms with Gasteiger partial charge in [-0.3, -0.25) is 19.2 Å². The second-order valence-corrected chi connectivity index (χ2v) is 19.3. The number of rotatable bonds is 52. The number of aliphatic hydroxyl groups is 1. The summed E-state index contributed by atoms with van der Waals surface area (Å²) in [5, 5.41) is 10.4. The normalized spacial score (nSPS) is 13.1. The number of hydrogen-bond donors (Lipinski definition) is 1. The Balaban J connectivity index is 4.87. The fourth-order valence-electron chi connectivity index (χ4n) is 8.40. The quantitative estimate of drug-likeness (QED) is 0.0211. The van der Waals surface area contributed by atoms with Crippen molar-refractivity contribution < 1.29 is 38.5 Å². The number of aldehydes is 1. The lowest BCUT2D eigenvalue weighted by Gasteiger charge is -2.29. The number of ether oxygens (including phenoxy) is 3. The predicted octanol–water partition coefficient (Wildman–Crippen LogP) is 17.0. The van der Waals surface area contributed by atoms with Crippen LogP contribution in [0.1, 0.15) is 290 Å². The lowest BCUT2D eigenvalue weighted by atomic mass is 10.1. The van der Waals surface area contributed by atoms with Gasteiger partial charge >= 0.3 is 17.9 Å². The van der Waals surface area contributed by atoms with Gasteiger partial charge < -0.3 is 19.3 Å². The highest BCUT2D eigenvalue weighted by Gasteiger charge is 2.38. The highest BCUT2D eigenvalue weighted by atomic mass is 16.6. The molecule has 1 N–H and O–H groups in total. The van der Waals surface area contributed by atoms with Crippen molar-refractivity contribution in [2.75, 3.05) is 6.61 Å². The molecule has 0 amide bonds. The number of allylic oxidation sites excluding steroid dienone is 6. The van der Waals surface area contributed by atoms with E-state index in [0.29, 0.717) is 25.5 Å². The highest BCUT2D eigenvalue weighted by Crippen LogP contribution is 2.19. The van der Waals surface area contributed by atoms with Gasteiger partial charge in [0, 0.05) is 19.3 Å². The number of carbonyl (C=O) groups is 4. The van der Waals surface area contributed by atoms with E-state index in [1.165, 1.54) is 116 Å². The van der Waals surface area contributed by atoms with Crippen LogP contribution < -0.4 is 0 Å². The molecular formula is C59H106O8. The summed E-state index contributed by atoms with van der Waals surface area (Å²) in [4.78, 5) is 51.5. The van der Waals surface area contributed by atoms with Gasteiger partial charge in [0.25, 0.3) is 0 Å². The molecule has 0 saturated carbocycles. The van der Waals surface area contributed by atoms with Crippen LogP contribution in [0, 0.1) is 0 Å². The van der Waals surface area contributed by atoms with Gasteiger partial charge in [0.15, 0.2) is 24.6 Å². The van der Waals surface area contributed by atoms with Crippen molar-refractivity contribution in [2.45, 2.75) is 309 Å². The molecule has 0 saturated heterocycles. The monoisotopic (exact) mass is 943 g/mol. The maximum atomic E-state index is 13.1. The van der Waals surface area contributed by atoms with Gasteiger partial charge in [0.05, 0.1) is 6.61 Å². The van der Waals surface area contributed by atoms with Gasteiger partial charge in [-0.1, -0.05) is 211 Å². The van der Waals surface area contributed by atoms with E-state index < -0.39 is 42.8 Å². The van der Waals surface area contributed by atoms with Crippen LogP contribution in [0.4, 0.5) is 0 Å². The fourth-order valence-corrected chi connectivity index (χ4v) is 8.40. The maximum absolute atomic E-state index is 13.1. The zero-order valence-electron chi connectivity index (χ0n) is 44.0. The van der Waals surface area contributed by atoms with E-state index in [9.17, 15) is 24.3 Å². The summed E-state index contributed by atoms with van der Waals surface area (Å²) in [6, 6.07) is 0. The third-order valence-electron chi connectivity index (χ3n) is 12.8. The number of carbonyl (C=O) groups excluding carboxylic acids is 4. The van der Waals surface area contributed by atoms with Gasteiger partial charge in [-0.05, 0) is 96.3 Å². The minimum absolute atomic E-state index is 0.115. The topological polar surface area (TPSA) is 116 Å². The Kier molecular flexibility index (Phi) is 50.5. The Morgan fingerprint density at radius 3 is 0.896 bits per heavy atom. The van der Waals surface area contributed by atoms with Crippen molar-refractivity contribution in [3.05, 3.63) is 36.5 Å². The zero-order chi connectivity index (χ0) is 48.9. The Morgan fingerprint density at radius 1 is 0.358 bits per heavy atom. The van der Waals surface area contributed by atoms with Crippen molar-refractivity contribution in [3.8, 4) is 0 Å². The van der Waals surface area contributed by atoms with Crippen LogP contribution in [0.5, 0.6) is 0 Å². The molecule has 0 aromatic rings. The van der Waals surface area contributed by atoms with Gasteiger partial charge in [-0.25, -0.2) is 0 Å². The molecule has 0 aromatic carbocycles. The molecule has 67 heavy (non-hydrogen) atoms. The smallest absolute Gasteiger partial charge is 0.306 e. The van der Waals surface area contributed by atoms with Crippen LogP contribution >= 0.6 is 0 Å². The molecule has 8 nitrogen and oxygen atoms in total. The average Bonchev–Trinajstić information content (AvgIpc) is 3.33. The summed E-state index contributed by atoms with van der Waals surface area (Å²) in [6.45, 7) is 6.06. The van der Waals surface area contributed by atoms with E-state index in [1.54, 1.807) is 0 Å². The second-order valence-electron chi connectivity index (χ2n) is 19.3. The third kappa shape index (κ3) is 45.5. The van der Waals surface area contributed by atoms with Gasteiger partial charge in [-0.2, -0.15) is 0 Å². The van der Waals surface area contributed by atoms with Crippen molar-refractivity contribution in [2.24, 2.45) is 0 Å². The molecule has 0 aliphatic rings. The summed E-state index contributed by atoms with van der Waals surface area (Å²) in [5.41, 5.74) is 0. The molecule has 0 unspecified atom stereocenters. The SMILES string of the molecule is CCCCCCCCC=CCCCCCCCC(=O)O[C@H]([C@H](C=O)OC(=O)CCCCCCCC=CCCCCCCCC)[C@@H](CO)OC(=O)CCCCCCCC=CCCCCCCCC.